The third-order valence-corrected chi connectivity index (χ3v) is 8.64. The molecule has 10 heteroatoms. The van der Waals surface area contributed by atoms with Crippen LogP contribution in [-0.4, -0.2) is 32.4 Å². The molecule has 0 aliphatic carbocycles. The summed E-state index contributed by atoms with van der Waals surface area (Å²) in [6, 6.07) is 12.6. The summed E-state index contributed by atoms with van der Waals surface area (Å²) in [4.78, 5) is 55.9. The van der Waals surface area contributed by atoms with Crippen LogP contribution < -0.4 is 16.6 Å². The highest BCUT2D eigenvalue weighted by molar-refractivity contribution is 7.18. The standard InChI is InChI=1S/C28H27ClN4O4S/c1-4-18-8-10-19(11-9-18)30-24(35)15-32-27-25(20-12-13-31(17(3)34)14-23(20)38-27)26(36)33(28(32)37)22-7-5-6-21(29)16(22)2/h5-11H,4,12-15H2,1-3H3,(H,30,35). The average molecular weight is 551 g/mol. The van der Waals surface area contributed by atoms with Crippen molar-refractivity contribution in [3.8, 4) is 5.69 Å². The van der Waals surface area contributed by atoms with Crippen LogP contribution in [0.25, 0.3) is 15.9 Å². The fraction of sp³-hybridized carbons (Fsp3) is 0.286. The number of carbonyl (C=O) groups is 2. The van der Waals surface area contributed by atoms with Crippen molar-refractivity contribution in [1.29, 1.82) is 0 Å². The van der Waals surface area contributed by atoms with E-state index in [-0.39, 0.29) is 18.4 Å². The Labute approximate surface area is 228 Å². The summed E-state index contributed by atoms with van der Waals surface area (Å²) in [6.45, 7) is 5.89. The Kier molecular flexibility index (Phi) is 6.98. The summed E-state index contributed by atoms with van der Waals surface area (Å²) in [5.41, 5.74) is 2.49. The number of aryl methyl sites for hydroxylation is 1. The van der Waals surface area contributed by atoms with Crippen LogP contribution in [0, 0.1) is 6.92 Å². The minimum atomic E-state index is -0.619. The number of nitrogens with one attached hydrogen (secondary N) is 1. The van der Waals surface area contributed by atoms with E-state index in [0.717, 1.165) is 27.0 Å². The molecule has 0 saturated carbocycles. The summed E-state index contributed by atoms with van der Waals surface area (Å²) in [6.07, 6.45) is 1.38. The van der Waals surface area contributed by atoms with E-state index in [1.165, 1.54) is 22.8 Å². The Hall–Kier alpha value is -3.69. The number of rotatable bonds is 5. The molecule has 1 aliphatic rings. The molecule has 0 bridgehead atoms. The molecule has 2 aromatic carbocycles. The molecule has 4 aromatic rings. The maximum Gasteiger partial charge on any atom is 0.337 e. The third-order valence-electron chi connectivity index (χ3n) is 7.00. The normalized spacial score (nSPS) is 13.0. The first-order valence-electron chi connectivity index (χ1n) is 12.4. The molecule has 2 aromatic heterocycles. The summed E-state index contributed by atoms with van der Waals surface area (Å²) < 4.78 is 2.46. The van der Waals surface area contributed by atoms with Gasteiger partial charge in [-0.3, -0.25) is 19.0 Å². The van der Waals surface area contributed by atoms with E-state index in [2.05, 4.69) is 12.2 Å². The van der Waals surface area contributed by atoms with Gasteiger partial charge in [0.2, 0.25) is 11.8 Å². The lowest BCUT2D eigenvalue weighted by Gasteiger charge is -2.25. The van der Waals surface area contributed by atoms with Crippen LogP contribution >= 0.6 is 22.9 Å². The van der Waals surface area contributed by atoms with Gasteiger partial charge in [-0.25, -0.2) is 9.36 Å². The lowest BCUT2D eigenvalue weighted by Crippen LogP contribution is -2.41. The van der Waals surface area contributed by atoms with Gasteiger partial charge in [0.05, 0.1) is 17.6 Å². The second-order valence-corrected chi connectivity index (χ2v) is 10.9. The topological polar surface area (TPSA) is 93.4 Å². The lowest BCUT2D eigenvalue weighted by molar-refractivity contribution is -0.129. The first-order valence-corrected chi connectivity index (χ1v) is 13.6. The first-order chi connectivity index (χ1) is 18.2. The van der Waals surface area contributed by atoms with E-state index in [4.69, 9.17) is 11.6 Å². The van der Waals surface area contributed by atoms with E-state index in [0.29, 0.717) is 51.7 Å². The number of amides is 2. The number of anilines is 1. The molecule has 0 saturated heterocycles. The van der Waals surface area contributed by atoms with Gasteiger partial charge in [-0.15, -0.1) is 11.3 Å². The Morgan fingerprint density at radius 3 is 2.53 bits per heavy atom. The van der Waals surface area contributed by atoms with Crippen molar-refractivity contribution in [2.75, 3.05) is 11.9 Å². The first kappa shape index (κ1) is 25.9. The highest BCUT2D eigenvalue weighted by Crippen LogP contribution is 2.33. The molecular weight excluding hydrogens is 524 g/mol. The van der Waals surface area contributed by atoms with Crippen molar-refractivity contribution in [2.24, 2.45) is 0 Å². The Bertz CT molecular complexity index is 1700. The van der Waals surface area contributed by atoms with E-state index < -0.39 is 11.2 Å². The number of carbonyl (C=O) groups excluding carboxylic acids is 2. The van der Waals surface area contributed by atoms with Crippen LogP contribution in [0.2, 0.25) is 5.02 Å². The second kappa shape index (κ2) is 10.2. The van der Waals surface area contributed by atoms with Gasteiger partial charge < -0.3 is 10.2 Å². The maximum atomic E-state index is 13.9. The predicted octanol–water partition coefficient (Wildman–Crippen LogP) is 4.28. The van der Waals surface area contributed by atoms with Gasteiger partial charge in [-0.2, -0.15) is 0 Å². The molecule has 0 unspecified atom stereocenters. The van der Waals surface area contributed by atoms with E-state index >= 15 is 0 Å². The van der Waals surface area contributed by atoms with Gasteiger partial charge in [0.25, 0.3) is 5.56 Å². The van der Waals surface area contributed by atoms with E-state index in [1.807, 2.05) is 24.3 Å². The SMILES string of the molecule is CCc1ccc(NC(=O)Cn2c(=O)n(-c3cccc(Cl)c3C)c(=O)c3c4c(sc32)CN(C(C)=O)CC4)cc1. The molecule has 1 aliphatic heterocycles. The predicted molar refractivity (Wildman–Crippen MR) is 151 cm³/mol. The molecule has 1 N–H and O–H groups in total. The fourth-order valence-electron chi connectivity index (χ4n) is 4.83. The van der Waals surface area contributed by atoms with Gasteiger partial charge in [0.15, 0.2) is 0 Å². The van der Waals surface area contributed by atoms with Crippen molar-refractivity contribution in [3.63, 3.8) is 0 Å². The van der Waals surface area contributed by atoms with E-state index in [1.54, 1.807) is 30.0 Å². The molecule has 3 heterocycles. The zero-order valence-corrected chi connectivity index (χ0v) is 22.9. The molecule has 5 rings (SSSR count). The second-order valence-electron chi connectivity index (χ2n) is 9.37. The number of hydrogen-bond donors (Lipinski definition) is 1. The monoisotopic (exact) mass is 550 g/mol. The largest absolute Gasteiger partial charge is 0.337 e. The molecule has 0 spiro atoms. The van der Waals surface area contributed by atoms with E-state index in [9.17, 15) is 19.2 Å². The van der Waals surface area contributed by atoms with Crippen LogP contribution in [0.3, 0.4) is 0 Å². The van der Waals surface area contributed by atoms with Crippen molar-refractivity contribution in [3.05, 3.63) is 89.9 Å². The number of benzene rings is 2. The Morgan fingerprint density at radius 1 is 1.11 bits per heavy atom. The average Bonchev–Trinajstić information content (AvgIpc) is 3.28. The maximum absolute atomic E-state index is 13.9. The van der Waals surface area contributed by atoms with Crippen LogP contribution in [0.15, 0.2) is 52.1 Å². The molecule has 2 amide bonds. The zero-order valence-electron chi connectivity index (χ0n) is 21.3. The summed E-state index contributed by atoms with van der Waals surface area (Å²) in [5.74, 6) is -0.437. The fourth-order valence-corrected chi connectivity index (χ4v) is 6.35. The number of nitrogens with zero attached hydrogens (tertiary/aromatic N) is 3. The highest BCUT2D eigenvalue weighted by atomic mass is 35.5. The van der Waals surface area contributed by atoms with Crippen molar-refractivity contribution in [1.82, 2.24) is 14.0 Å². The smallest absolute Gasteiger partial charge is 0.337 e. The van der Waals surface area contributed by atoms with Crippen molar-refractivity contribution >= 4 is 50.7 Å². The van der Waals surface area contributed by atoms with Crippen LogP contribution in [0.1, 0.15) is 35.4 Å². The molecule has 0 atom stereocenters. The van der Waals surface area contributed by atoms with Gasteiger partial charge >= 0.3 is 5.69 Å². The highest BCUT2D eigenvalue weighted by Gasteiger charge is 2.28. The zero-order chi connectivity index (χ0) is 27.1. The van der Waals surface area contributed by atoms with Gasteiger partial charge in [-0.1, -0.05) is 36.7 Å². The molecule has 0 radical (unpaired) electrons. The Morgan fingerprint density at radius 2 is 1.84 bits per heavy atom. The number of hydrogen-bond acceptors (Lipinski definition) is 5. The number of halogens is 1. The summed E-state index contributed by atoms with van der Waals surface area (Å²) in [7, 11) is 0. The number of thiophene rings is 1. The van der Waals surface area contributed by atoms with Crippen molar-refractivity contribution in [2.45, 2.75) is 46.7 Å². The quantitative estimate of drug-likeness (QED) is 0.401. The van der Waals surface area contributed by atoms with Gasteiger partial charge in [0.1, 0.15) is 11.4 Å². The minimum absolute atomic E-state index is 0.0501. The molecule has 38 heavy (non-hydrogen) atoms. The third kappa shape index (κ3) is 4.56. The van der Waals surface area contributed by atoms with Crippen LogP contribution in [0.4, 0.5) is 5.69 Å². The summed E-state index contributed by atoms with van der Waals surface area (Å²) >= 11 is 7.63. The minimum Gasteiger partial charge on any atom is -0.337 e. The van der Waals surface area contributed by atoms with Crippen LogP contribution in [0.5, 0.6) is 0 Å². The van der Waals surface area contributed by atoms with Gasteiger partial charge in [-0.05, 0) is 60.7 Å². The molecule has 0 fully saturated rings. The number of fused-ring (bicyclic) bond motifs is 3. The molecule has 196 valence electrons. The summed E-state index contributed by atoms with van der Waals surface area (Å²) in [5, 5.41) is 3.69. The molecular formula is C28H27ClN4O4S. The van der Waals surface area contributed by atoms with Crippen LogP contribution in [-0.2, 0) is 35.5 Å². The number of aromatic nitrogens is 2. The van der Waals surface area contributed by atoms with Crippen molar-refractivity contribution < 1.29 is 9.59 Å². The molecule has 8 nitrogen and oxygen atoms in total. The van der Waals surface area contributed by atoms with Gasteiger partial charge in [0, 0.05) is 29.1 Å². The Balaban J connectivity index is 1.67. The lowest BCUT2D eigenvalue weighted by atomic mass is 10.1.